The predicted octanol–water partition coefficient (Wildman–Crippen LogP) is 3.76. The van der Waals surface area contributed by atoms with E-state index in [0.29, 0.717) is 12.3 Å². The van der Waals surface area contributed by atoms with E-state index in [1.807, 2.05) is 45.0 Å². The molecule has 0 saturated carbocycles. The van der Waals surface area contributed by atoms with Gasteiger partial charge >= 0.3 is 0 Å². The summed E-state index contributed by atoms with van der Waals surface area (Å²) in [6.07, 6.45) is 0.513. The fourth-order valence-corrected chi connectivity index (χ4v) is 3.60. The van der Waals surface area contributed by atoms with Gasteiger partial charge in [0.1, 0.15) is 11.9 Å². The van der Waals surface area contributed by atoms with Gasteiger partial charge in [-0.25, -0.2) is 13.1 Å². The molecule has 1 amide bonds. The first kappa shape index (κ1) is 24.9. The van der Waals surface area contributed by atoms with Gasteiger partial charge in [-0.1, -0.05) is 50.2 Å². The molecule has 0 fully saturated rings. The SMILES string of the molecule is CC(CNS(=O)(=O)C(C)C)Oc1ccc(-c2ccc(CCNC(=O)C(C)C)cc2)cc1. The summed E-state index contributed by atoms with van der Waals surface area (Å²) >= 11 is 0. The lowest BCUT2D eigenvalue weighted by atomic mass is 10.0. The highest BCUT2D eigenvalue weighted by molar-refractivity contribution is 7.90. The van der Waals surface area contributed by atoms with Crippen LogP contribution < -0.4 is 14.8 Å². The Labute approximate surface area is 186 Å². The third-order valence-electron chi connectivity index (χ3n) is 4.91. The summed E-state index contributed by atoms with van der Waals surface area (Å²) in [4.78, 5) is 11.6. The van der Waals surface area contributed by atoms with Crippen LogP contribution in [0.4, 0.5) is 0 Å². The van der Waals surface area contributed by atoms with Crippen molar-refractivity contribution in [3.63, 3.8) is 0 Å². The molecule has 170 valence electrons. The summed E-state index contributed by atoms with van der Waals surface area (Å²) in [5.41, 5.74) is 3.34. The molecule has 0 aliphatic carbocycles. The van der Waals surface area contributed by atoms with E-state index in [1.165, 1.54) is 5.56 Å². The molecule has 2 rings (SSSR count). The molecule has 1 unspecified atom stereocenters. The zero-order chi connectivity index (χ0) is 23.0. The Kier molecular flexibility index (Phi) is 9.07. The van der Waals surface area contributed by atoms with Gasteiger partial charge in [-0.15, -0.1) is 0 Å². The molecule has 0 aliphatic heterocycles. The van der Waals surface area contributed by atoms with E-state index >= 15 is 0 Å². The number of sulfonamides is 1. The second kappa shape index (κ2) is 11.3. The third-order valence-corrected chi connectivity index (χ3v) is 6.72. The normalized spacial score (nSPS) is 12.7. The highest BCUT2D eigenvalue weighted by Crippen LogP contribution is 2.23. The molecule has 0 saturated heterocycles. The lowest BCUT2D eigenvalue weighted by Gasteiger charge is -2.17. The molecule has 31 heavy (non-hydrogen) atoms. The summed E-state index contributed by atoms with van der Waals surface area (Å²) in [6.45, 7) is 9.74. The average molecular weight is 447 g/mol. The molecule has 2 aromatic rings. The minimum Gasteiger partial charge on any atom is -0.489 e. The first-order chi connectivity index (χ1) is 14.6. The molecule has 0 bridgehead atoms. The van der Waals surface area contributed by atoms with Crippen molar-refractivity contribution < 1.29 is 17.9 Å². The minimum absolute atomic E-state index is 0.00153. The molecule has 0 heterocycles. The molecule has 0 aliphatic rings. The Morgan fingerprint density at radius 2 is 1.45 bits per heavy atom. The number of ether oxygens (including phenoxy) is 1. The summed E-state index contributed by atoms with van der Waals surface area (Å²) in [6, 6.07) is 16.0. The minimum atomic E-state index is -3.30. The van der Waals surface area contributed by atoms with Crippen LogP contribution in [-0.2, 0) is 21.2 Å². The van der Waals surface area contributed by atoms with E-state index in [-0.39, 0.29) is 24.5 Å². The number of hydrogen-bond acceptors (Lipinski definition) is 4. The van der Waals surface area contributed by atoms with Crippen LogP contribution in [0.1, 0.15) is 40.2 Å². The molecular formula is C24H34N2O4S. The number of benzene rings is 2. The monoisotopic (exact) mass is 446 g/mol. The number of hydrogen-bond donors (Lipinski definition) is 2. The Morgan fingerprint density at radius 1 is 0.903 bits per heavy atom. The van der Waals surface area contributed by atoms with Crippen LogP contribution in [0.15, 0.2) is 48.5 Å². The molecule has 2 N–H and O–H groups in total. The second-order valence-electron chi connectivity index (χ2n) is 8.29. The molecule has 0 radical (unpaired) electrons. The van der Waals surface area contributed by atoms with Crippen molar-refractivity contribution in [3.05, 3.63) is 54.1 Å². The first-order valence-electron chi connectivity index (χ1n) is 10.7. The van der Waals surface area contributed by atoms with Crippen molar-refractivity contribution in [2.24, 2.45) is 5.92 Å². The Balaban J connectivity index is 1.87. The van der Waals surface area contributed by atoms with Gasteiger partial charge in [0.15, 0.2) is 0 Å². The van der Waals surface area contributed by atoms with Crippen molar-refractivity contribution in [3.8, 4) is 16.9 Å². The summed E-state index contributed by atoms with van der Waals surface area (Å²) < 4.78 is 32.1. The van der Waals surface area contributed by atoms with E-state index in [4.69, 9.17) is 4.74 Å². The maximum Gasteiger partial charge on any atom is 0.222 e. The lowest BCUT2D eigenvalue weighted by Crippen LogP contribution is -2.37. The quantitative estimate of drug-likeness (QED) is 0.550. The Morgan fingerprint density at radius 3 is 1.97 bits per heavy atom. The van der Waals surface area contributed by atoms with E-state index < -0.39 is 15.3 Å². The van der Waals surface area contributed by atoms with Crippen molar-refractivity contribution in [2.75, 3.05) is 13.1 Å². The standard InChI is InChI=1S/C24H34N2O4S/c1-17(2)24(27)25-15-14-20-6-8-21(9-7-20)22-10-12-23(13-11-22)30-19(5)16-26-31(28,29)18(3)4/h6-13,17-19,26H,14-16H2,1-5H3,(H,25,27). The smallest absolute Gasteiger partial charge is 0.222 e. The second-order valence-corrected chi connectivity index (χ2v) is 10.6. The van der Waals surface area contributed by atoms with Crippen molar-refractivity contribution in [2.45, 2.75) is 52.4 Å². The van der Waals surface area contributed by atoms with Crippen LogP contribution in [-0.4, -0.2) is 38.8 Å². The maximum absolute atomic E-state index is 11.8. The van der Waals surface area contributed by atoms with Gasteiger partial charge in [0.05, 0.1) is 5.25 Å². The molecule has 2 aromatic carbocycles. The van der Waals surface area contributed by atoms with Crippen LogP contribution in [0.3, 0.4) is 0 Å². The van der Waals surface area contributed by atoms with Gasteiger partial charge in [-0.05, 0) is 56.0 Å². The summed E-state index contributed by atoms with van der Waals surface area (Å²) in [5.74, 6) is 0.768. The van der Waals surface area contributed by atoms with Gasteiger partial charge < -0.3 is 10.1 Å². The van der Waals surface area contributed by atoms with Crippen LogP contribution in [0, 0.1) is 5.92 Å². The van der Waals surface area contributed by atoms with Crippen molar-refractivity contribution in [1.82, 2.24) is 10.0 Å². The van der Waals surface area contributed by atoms with E-state index in [9.17, 15) is 13.2 Å². The average Bonchev–Trinajstić information content (AvgIpc) is 2.73. The lowest BCUT2D eigenvalue weighted by molar-refractivity contribution is -0.123. The topological polar surface area (TPSA) is 84.5 Å². The van der Waals surface area contributed by atoms with E-state index in [1.54, 1.807) is 13.8 Å². The molecule has 0 aromatic heterocycles. The van der Waals surface area contributed by atoms with Gasteiger partial charge in [0.2, 0.25) is 15.9 Å². The van der Waals surface area contributed by atoms with Gasteiger partial charge in [-0.3, -0.25) is 4.79 Å². The maximum atomic E-state index is 11.8. The third kappa shape index (κ3) is 7.99. The molecule has 0 spiro atoms. The number of rotatable bonds is 11. The molecular weight excluding hydrogens is 412 g/mol. The number of nitrogens with one attached hydrogen (secondary N) is 2. The molecule has 7 heteroatoms. The zero-order valence-corrected chi connectivity index (χ0v) is 19.8. The Bertz CT molecular complexity index is 937. The van der Waals surface area contributed by atoms with Crippen molar-refractivity contribution >= 4 is 15.9 Å². The fraction of sp³-hybridized carbons (Fsp3) is 0.458. The van der Waals surface area contributed by atoms with E-state index in [2.05, 4.69) is 34.3 Å². The fourth-order valence-electron chi connectivity index (χ4n) is 2.80. The van der Waals surface area contributed by atoms with Crippen LogP contribution in [0.5, 0.6) is 5.75 Å². The highest BCUT2D eigenvalue weighted by Gasteiger charge is 2.17. The van der Waals surface area contributed by atoms with Crippen LogP contribution >= 0.6 is 0 Å². The van der Waals surface area contributed by atoms with Gasteiger partial charge in [0, 0.05) is 19.0 Å². The largest absolute Gasteiger partial charge is 0.489 e. The molecule has 6 nitrogen and oxygen atoms in total. The van der Waals surface area contributed by atoms with Gasteiger partial charge in [-0.2, -0.15) is 0 Å². The Hall–Kier alpha value is -2.38. The van der Waals surface area contributed by atoms with Gasteiger partial charge in [0.25, 0.3) is 0 Å². The molecule has 1 atom stereocenters. The number of carbonyl (C=O) groups excluding carboxylic acids is 1. The predicted molar refractivity (Wildman–Crippen MR) is 126 cm³/mol. The first-order valence-corrected chi connectivity index (χ1v) is 12.3. The van der Waals surface area contributed by atoms with E-state index in [0.717, 1.165) is 17.5 Å². The summed E-state index contributed by atoms with van der Waals surface area (Å²) in [7, 11) is -3.30. The summed E-state index contributed by atoms with van der Waals surface area (Å²) in [5, 5.41) is 2.46. The van der Waals surface area contributed by atoms with Crippen LogP contribution in [0.2, 0.25) is 0 Å². The van der Waals surface area contributed by atoms with Crippen LogP contribution in [0.25, 0.3) is 11.1 Å². The highest BCUT2D eigenvalue weighted by atomic mass is 32.2. The number of carbonyl (C=O) groups is 1. The zero-order valence-electron chi connectivity index (χ0n) is 19.0. The van der Waals surface area contributed by atoms with Crippen molar-refractivity contribution in [1.29, 1.82) is 0 Å². The number of amides is 1.